The standard InChI is InChI=1S/C12H12F3NO2.H2S/c13-12(14,15)11(4-5-11)8(7-10(17)18)9-3-1-2-6-16-9;/h1-3,6,8H,4-5,7H2,(H,17,18);1H2/t8-;/m1./s1. The van der Waals surface area contributed by atoms with E-state index in [1.807, 2.05) is 0 Å². The third kappa shape index (κ3) is 3.02. The minimum atomic E-state index is -4.38. The average molecular weight is 293 g/mol. The number of carboxylic acid groups (broad SMARTS) is 1. The van der Waals surface area contributed by atoms with Gasteiger partial charge in [0.05, 0.1) is 11.8 Å². The van der Waals surface area contributed by atoms with E-state index in [9.17, 15) is 18.0 Å². The van der Waals surface area contributed by atoms with Crippen molar-refractivity contribution < 1.29 is 23.1 Å². The third-order valence-electron chi connectivity index (χ3n) is 3.44. The topological polar surface area (TPSA) is 50.2 Å². The Bertz CT molecular complexity index is 446. The molecule has 0 bridgehead atoms. The van der Waals surface area contributed by atoms with Gasteiger partial charge in [0.2, 0.25) is 0 Å². The Morgan fingerprint density at radius 1 is 1.42 bits per heavy atom. The van der Waals surface area contributed by atoms with Gasteiger partial charge in [-0.15, -0.1) is 0 Å². The fourth-order valence-corrected chi connectivity index (χ4v) is 2.30. The van der Waals surface area contributed by atoms with Crippen LogP contribution in [0.5, 0.6) is 0 Å². The van der Waals surface area contributed by atoms with Crippen molar-refractivity contribution in [2.75, 3.05) is 0 Å². The lowest BCUT2D eigenvalue weighted by Crippen LogP contribution is -2.32. The van der Waals surface area contributed by atoms with Crippen LogP contribution in [0.25, 0.3) is 0 Å². The van der Waals surface area contributed by atoms with Crippen LogP contribution in [-0.4, -0.2) is 22.2 Å². The van der Waals surface area contributed by atoms with E-state index in [0.29, 0.717) is 0 Å². The number of rotatable bonds is 4. The van der Waals surface area contributed by atoms with E-state index in [2.05, 4.69) is 4.98 Å². The zero-order valence-electron chi connectivity index (χ0n) is 9.94. The molecule has 0 radical (unpaired) electrons. The summed E-state index contributed by atoms with van der Waals surface area (Å²) < 4.78 is 39.2. The first kappa shape index (κ1) is 15.8. The first-order valence-corrected chi connectivity index (χ1v) is 5.56. The number of alkyl halides is 3. The number of hydrogen-bond donors (Lipinski definition) is 1. The summed E-state index contributed by atoms with van der Waals surface area (Å²) in [4.78, 5) is 14.7. The van der Waals surface area contributed by atoms with Gasteiger partial charge in [0.15, 0.2) is 0 Å². The van der Waals surface area contributed by atoms with Gasteiger partial charge < -0.3 is 5.11 Å². The maximum absolute atomic E-state index is 13.1. The molecule has 106 valence electrons. The molecular weight excluding hydrogens is 279 g/mol. The number of aromatic nitrogens is 1. The number of halogens is 3. The number of aliphatic carboxylic acids is 1. The van der Waals surface area contributed by atoms with E-state index in [1.54, 1.807) is 12.1 Å². The smallest absolute Gasteiger partial charge is 0.395 e. The maximum atomic E-state index is 13.1. The minimum absolute atomic E-state index is 0. The van der Waals surface area contributed by atoms with E-state index in [-0.39, 0.29) is 32.0 Å². The molecule has 3 nitrogen and oxygen atoms in total. The van der Waals surface area contributed by atoms with E-state index < -0.39 is 29.9 Å². The molecule has 0 aliphatic heterocycles. The zero-order chi connectivity index (χ0) is 13.4. The van der Waals surface area contributed by atoms with Gasteiger partial charge in [0, 0.05) is 17.8 Å². The molecule has 1 saturated carbocycles. The summed E-state index contributed by atoms with van der Waals surface area (Å²) in [5.41, 5.74) is -1.70. The Labute approximate surface area is 115 Å². The predicted octanol–water partition coefficient (Wildman–Crippen LogP) is 3.10. The Hall–Kier alpha value is -1.24. The Kier molecular flexibility index (Phi) is 4.50. The van der Waals surface area contributed by atoms with Crippen LogP contribution in [-0.2, 0) is 4.79 Å². The van der Waals surface area contributed by atoms with Crippen molar-refractivity contribution >= 4 is 19.5 Å². The molecule has 1 aliphatic rings. The van der Waals surface area contributed by atoms with Crippen LogP contribution in [0.15, 0.2) is 24.4 Å². The van der Waals surface area contributed by atoms with Gasteiger partial charge in [0.25, 0.3) is 0 Å². The van der Waals surface area contributed by atoms with Crippen LogP contribution in [0.3, 0.4) is 0 Å². The summed E-state index contributed by atoms with van der Waals surface area (Å²) in [5, 5.41) is 8.81. The van der Waals surface area contributed by atoms with Gasteiger partial charge in [-0.25, -0.2) is 0 Å². The monoisotopic (exact) mass is 293 g/mol. The highest BCUT2D eigenvalue weighted by molar-refractivity contribution is 7.59. The van der Waals surface area contributed by atoms with Crippen LogP contribution >= 0.6 is 13.5 Å². The van der Waals surface area contributed by atoms with Gasteiger partial charge in [-0.1, -0.05) is 6.07 Å². The zero-order valence-corrected chi connectivity index (χ0v) is 10.9. The Balaban J connectivity index is 0.00000180. The fraction of sp³-hybridized carbons (Fsp3) is 0.500. The molecular formula is C12H14F3NO2S. The van der Waals surface area contributed by atoms with Crippen molar-refractivity contribution in [1.29, 1.82) is 0 Å². The van der Waals surface area contributed by atoms with Crippen LogP contribution in [0, 0.1) is 5.41 Å². The van der Waals surface area contributed by atoms with Crippen molar-refractivity contribution in [3.05, 3.63) is 30.1 Å². The third-order valence-corrected chi connectivity index (χ3v) is 3.44. The average Bonchev–Trinajstić information content (AvgIpc) is 3.07. The number of carbonyl (C=O) groups is 1. The molecule has 19 heavy (non-hydrogen) atoms. The molecule has 0 unspecified atom stereocenters. The molecule has 1 aliphatic carbocycles. The second-order valence-corrected chi connectivity index (χ2v) is 4.56. The summed E-state index contributed by atoms with van der Waals surface area (Å²) in [5.74, 6) is -2.34. The van der Waals surface area contributed by atoms with Gasteiger partial charge in [-0.3, -0.25) is 9.78 Å². The number of pyridine rings is 1. The highest BCUT2D eigenvalue weighted by Crippen LogP contribution is 2.65. The molecule has 7 heteroatoms. The summed E-state index contributed by atoms with van der Waals surface area (Å²) in [6.07, 6.45) is -3.59. The quantitative estimate of drug-likeness (QED) is 0.928. The second-order valence-electron chi connectivity index (χ2n) is 4.56. The molecule has 1 aromatic rings. The van der Waals surface area contributed by atoms with Crippen molar-refractivity contribution in [1.82, 2.24) is 4.98 Å². The van der Waals surface area contributed by atoms with E-state index in [1.165, 1.54) is 12.3 Å². The maximum Gasteiger partial charge on any atom is 0.395 e. The Morgan fingerprint density at radius 2 is 2.05 bits per heavy atom. The molecule has 1 heterocycles. The van der Waals surface area contributed by atoms with Crippen molar-refractivity contribution in [3.8, 4) is 0 Å². The lowest BCUT2D eigenvalue weighted by molar-refractivity contribution is -0.195. The summed E-state index contributed by atoms with van der Waals surface area (Å²) in [7, 11) is 0. The molecule has 0 spiro atoms. The highest BCUT2D eigenvalue weighted by atomic mass is 32.1. The van der Waals surface area contributed by atoms with Crippen molar-refractivity contribution in [2.24, 2.45) is 5.41 Å². The molecule has 0 saturated heterocycles. The van der Waals surface area contributed by atoms with Crippen molar-refractivity contribution in [3.63, 3.8) is 0 Å². The van der Waals surface area contributed by atoms with Crippen molar-refractivity contribution in [2.45, 2.75) is 31.4 Å². The van der Waals surface area contributed by atoms with Gasteiger partial charge in [0.1, 0.15) is 0 Å². The number of nitrogens with zero attached hydrogens (tertiary/aromatic N) is 1. The van der Waals surface area contributed by atoms with E-state index in [4.69, 9.17) is 5.11 Å². The Morgan fingerprint density at radius 3 is 2.42 bits per heavy atom. The summed E-state index contributed by atoms with van der Waals surface area (Å²) in [6, 6.07) is 4.62. The molecule has 1 N–H and O–H groups in total. The predicted molar refractivity (Wildman–Crippen MR) is 67.3 cm³/mol. The largest absolute Gasteiger partial charge is 0.481 e. The normalized spacial score (nSPS) is 18.3. The first-order chi connectivity index (χ1) is 8.37. The van der Waals surface area contributed by atoms with Crippen LogP contribution in [0.1, 0.15) is 30.9 Å². The van der Waals surface area contributed by atoms with E-state index >= 15 is 0 Å². The summed E-state index contributed by atoms with van der Waals surface area (Å²) in [6.45, 7) is 0. The van der Waals surface area contributed by atoms with Crippen LogP contribution < -0.4 is 0 Å². The molecule has 1 aromatic heterocycles. The lowest BCUT2D eigenvalue weighted by atomic mass is 9.82. The van der Waals surface area contributed by atoms with Crippen LogP contribution in [0.4, 0.5) is 13.2 Å². The molecule has 0 aromatic carbocycles. The van der Waals surface area contributed by atoms with Gasteiger partial charge in [-0.2, -0.15) is 26.7 Å². The molecule has 1 fully saturated rings. The fourth-order valence-electron chi connectivity index (χ4n) is 2.30. The van der Waals surface area contributed by atoms with Gasteiger partial charge in [-0.05, 0) is 25.0 Å². The number of hydrogen-bond acceptors (Lipinski definition) is 2. The molecule has 0 amide bonds. The highest BCUT2D eigenvalue weighted by Gasteiger charge is 2.67. The van der Waals surface area contributed by atoms with E-state index in [0.717, 1.165) is 0 Å². The molecule has 2 rings (SSSR count). The van der Waals surface area contributed by atoms with Crippen LogP contribution in [0.2, 0.25) is 0 Å². The summed E-state index contributed by atoms with van der Waals surface area (Å²) >= 11 is 0. The molecule has 1 atom stereocenters. The SMILES string of the molecule is O=C(O)C[C@H](c1ccccn1)C1(C(F)(F)F)CC1.S. The lowest BCUT2D eigenvalue weighted by Gasteiger charge is -2.27. The number of carboxylic acids is 1. The second kappa shape index (κ2) is 5.40. The first-order valence-electron chi connectivity index (χ1n) is 5.56. The van der Waals surface area contributed by atoms with Gasteiger partial charge >= 0.3 is 12.1 Å². The minimum Gasteiger partial charge on any atom is -0.481 e.